The summed E-state index contributed by atoms with van der Waals surface area (Å²) in [7, 11) is 0. The minimum absolute atomic E-state index is 0.689. The molecule has 46 heavy (non-hydrogen) atoms. The van der Waals surface area contributed by atoms with E-state index in [0.29, 0.717) is 13.1 Å². The molecule has 6 aromatic rings. The average Bonchev–Trinajstić information content (AvgIpc) is 3.66. The van der Waals surface area contributed by atoms with Crippen molar-refractivity contribution < 1.29 is 0 Å². The van der Waals surface area contributed by atoms with Gasteiger partial charge in [0, 0.05) is 25.7 Å². The first-order valence-electron chi connectivity index (χ1n) is 16.0. The number of hydrogen-bond acceptors (Lipinski definition) is 4. The van der Waals surface area contributed by atoms with Gasteiger partial charge in [0.1, 0.15) is 11.6 Å². The number of unbranched alkanes of at least 4 members (excludes halogenated alkanes) is 1. The fourth-order valence-electron chi connectivity index (χ4n) is 5.57. The first-order chi connectivity index (χ1) is 22.6. The standard InChI is InChI=1S/C40H40N6/c1-3-31-19-23-35(24-20-31)29-45-39(27-33-13-7-5-8-14-33)41-37(43-45)17-11-12-18-38-42-40(28-34-15-9-6-10-16-34)46(44-38)30-36-25-21-32(4-2)22-26-36/h3-10,13-16,19-26H,1-2,11-12,17-18,27-30H2. The van der Waals surface area contributed by atoms with Gasteiger partial charge in [0.2, 0.25) is 0 Å². The van der Waals surface area contributed by atoms with E-state index in [-0.39, 0.29) is 0 Å². The van der Waals surface area contributed by atoms with Crippen molar-refractivity contribution in [3.63, 3.8) is 0 Å². The summed E-state index contributed by atoms with van der Waals surface area (Å²) in [5.41, 5.74) is 7.08. The quantitative estimate of drug-likeness (QED) is 0.111. The lowest BCUT2D eigenvalue weighted by atomic mass is 10.1. The van der Waals surface area contributed by atoms with Gasteiger partial charge in [-0.1, -0.05) is 135 Å². The highest BCUT2D eigenvalue weighted by atomic mass is 15.4. The molecule has 0 amide bonds. The maximum absolute atomic E-state index is 5.00. The van der Waals surface area contributed by atoms with Gasteiger partial charge < -0.3 is 0 Å². The second kappa shape index (κ2) is 15.1. The molecule has 0 N–H and O–H groups in total. The Morgan fingerprint density at radius 3 is 1.24 bits per heavy atom. The lowest BCUT2D eigenvalue weighted by molar-refractivity contribution is 0.622. The molecule has 0 spiro atoms. The summed E-state index contributed by atoms with van der Waals surface area (Å²) in [6, 6.07) is 37.9. The van der Waals surface area contributed by atoms with Crippen LogP contribution in [0.2, 0.25) is 0 Å². The topological polar surface area (TPSA) is 61.4 Å². The van der Waals surface area contributed by atoms with Crippen LogP contribution in [0.3, 0.4) is 0 Å². The van der Waals surface area contributed by atoms with E-state index < -0.39 is 0 Å². The monoisotopic (exact) mass is 604 g/mol. The third-order valence-corrected chi connectivity index (χ3v) is 8.14. The summed E-state index contributed by atoms with van der Waals surface area (Å²) in [6.07, 6.45) is 8.80. The molecular weight excluding hydrogens is 564 g/mol. The van der Waals surface area contributed by atoms with E-state index in [9.17, 15) is 0 Å². The molecule has 0 radical (unpaired) electrons. The van der Waals surface area contributed by atoms with Gasteiger partial charge in [-0.05, 0) is 46.2 Å². The van der Waals surface area contributed by atoms with Crippen LogP contribution in [0.15, 0.2) is 122 Å². The van der Waals surface area contributed by atoms with Crippen LogP contribution >= 0.6 is 0 Å². The summed E-state index contributed by atoms with van der Waals surface area (Å²) in [4.78, 5) is 10.00. The van der Waals surface area contributed by atoms with E-state index in [4.69, 9.17) is 20.2 Å². The maximum atomic E-state index is 5.00. The van der Waals surface area contributed by atoms with Gasteiger partial charge in [0.25, 0.3) is 0 Å². The van der Waals surface area contributed by atoms with Crippen LogP contribution in [0.4, 0.5) is 0 Å². The Hall–Kier alpha value is -5.36. The van der Waals surface area contributed by atoms with Gasteiger partial charge in [0.15, 0.2) is 11.6 Å². The Kier molecular flexibility index (Phi) is 10.1. The highest BCUT2D eigenvalue weighted by Gasteiger charge is 2.14. The summed E-state index contributed by atoms with van der Waals surface area (Å²) in [6.45, 7) is 9.12. The third-order valence-electron chi connectivity index (χ3n) is 8.14. The second-order valence-electron chi connectivity index (χ2n) is 11.6. The van der Waals surface area contributed by atoms with Gasteiger partial charge in [-0.3, -0.25) is 0 Å². The van der Waals surface area contributed by atoms with Crippen molar-refractivity contribution >= 4 is 12.2 Å². The number of hydrogen-bond donors (Lipinski definition) is 0. The number of rotatable bonds is 15. The molecule has 0 aliphatic carbocycles. The number of aromatic nitrogens is 6. The zero-order valence-electron chi connectivity index (χ0n) is 26.3. The van der Waals surface area contributed by atoms with Gasteiger partial charge in [0.05, 0.1) is 13.1 Å². The Morgan fingerprint density at radius 1 is 0.478 bits per heavy atom. The van der Waals surface area contributed by atoms with Crippen LogP contribution in [0, 0.1) is 0 Å². The van der Waals surface area contributed by atoms with Crippen molar-refractivity contribution in [3.05, 3.63) is 179 Å². The fraction of sp³-hybridized carbons (Fsp3) is 0.200. The zero-order valence-corrected chi connectivity index (χ0v) is 26.3. The first-order valence-corrected chi connectivity index (χ1v) is 16.0. The third kappa shape index (κ3) is 8.21. The number of benzene rings is 4. The fourth-order valence-corrected chi connectivity index (χ4v) is 5.57. The van der Waals surface area contributed by atoms with Gasteiger partial charge in [-0.25, -0.2) is 19.3 Å². The average molecular weight is 605 g/mol. The van der Waals surface area contributed by atoms with Crippen molar-refractivity contribution in [1.82, 2.24) is 29.5 Å². The summed E-state index contributed by atoms with van der Waals surface area (Å²) >= 11 is 0. The molecule has 0 atom stereocenters. The molecular formula is C40H40N6. The van der Waals surface area contributed by atoms with E-state index in [1.165, 1.54) is 22.3 Å². The smallest absolute Gasteiger partial charge is 0.150 e. The maximum Gasteiger partial charge on any atom is 0.150 e. The van der Waals surface area contributed by atoms with E-state index in [2.05, 4.69) is 120 Å². The van der Waals surface area contributed by atoms with Gasteiger partial charge in [-0.2, -0.15) is 10.2 Å². The van der Waals surface area contributed by atoms with Crippen LogP contribution in [0.5, 0.6) is 0 Å². The van der Waals surface area contributed by atoms with E-state index >= 15 is 0 Å². The van der Waals surface area contributed by atoms with Crippen molar-refractivity contribution in [1.29, 1.82) is 0 Å². The predicted molar refractivity (Wildman–Crippen MR) is 186 cm³/mol. The zero-order chi connectivity index (χ0) is 31.6. The van der Waals surface area contributed by atoms with Crippen molar-refractivity contribution in [2.24, 2.45) is 0 Å². The molecule has 0 saturated carbocycles. The summed E-state index contributed by atoms with van der Waals surface area (Å²) in [5.74, 6) is 3.75. The first kappa shape index (κ1) is 30.7. The van der Waals surface area contributed by atoms with E-state index in [1.54, 1.807) is 0 Å². The summed E-state index contributed by atoms with van der Waals surface area (Å²) in [5, 5.41) is 9.91. The number of aryl methyl sites for hydroxylation is 2. The van der Waals surface area contributed by atoms with Crippen molar-refractivity contribution in [2.75, 3.05) is 0 Å². The lowest BCUT2D eigenvalue weighted by Gasteiger charge is -2.07. The SMILES string of the molecule is C=Cc1ccc(Cn2nc(CCCCc3nc(Cc4ccccc4)n(Cc4ccc(C=C)cc4)n3)nc2Cc2ccccc2)cc1. The Bertz CT molecular complexity index is 1710. The minimum Gasteiger partial charge on any atom is -0.245 e. The van der Waals surface area contributed by atoms with Crippen LogP contribution in [-0.4, -0.2) is 29.5 Å². The predicted octanol–water partition coefficient (Wildman–Crippen LogP) is 8.00. The highest BCUT2D eigenvalue weighted by Crippen LogP contribution is 2.16. The molecule has 6 heteroatoms. The lowest BCUT2D eigenvalue weighted by Crippen LogP contribution is -2.08. The Balaban J connectivity index is 1.12. The molecule has 2 aromatic heterocycles. The molecule has 0 aliphatic rings. The molecule has 0 bridgehead atoms. The normalized spacial score (nSPS) is 11.0. The summed E-state index contributed by atoms with van der Waals surface area (Å²) < 4.78 is 4.12. The molecule has 0 unspecified atom stereocenters. The van der Waals surface area contributed by atoms with E-state index in [1.807, 2.05) is 24.3 Å². The van der Waals surface area contributed by atoms with Crippen LogP contribution in [-0.2, 0) is 38.8 Å². The van der Waals surface area contributed by atoms with Gasteiger partial charge >= 0.3 is 0 Å². The minimum atomic E-state index is 0.689. The van der Waals surface area contributed by atoms with E-state index in [0.717, 1.165) is 72.9 Å². The van der Waals surface area contributed by atoms with Crippen molar-refractivity contribution in [2.45, 2.75) is 51.6 Å². The molecule has 6 rings (SSSR count). The molecule has 4 aromatic carbocycles. The Morgan fingerprint density at radius 2 is 0.870 bits per heavy atom. The molecule has 0 saturated heterocycles. The van der Waals surface area contributed by atoms with Crippen LogP contribution in [0.1, 0.15) is 69.5 Å². The molecule has 0 aliphatic heterocycles. The highest BCUT2D eigenvalue weighted by molar-refractivity contribution is 5.48. The molecule has 0 fully saturated rings. The Labute approximate surface area is 271 Å². The molecule has 230 valence electrons. The second-order valence-corrected chi connectivity index (χ2v) is 11.6. The number of nitrogens with zero attached hydrogens (tertiary/aromatic N) is 6. The molecule has 2 heterocycles. The largest absolute Gasteiger partial charge is 0.245 e. The van der Waals surface area contributed by atoms with Gasteiger partial charge in [-0.15, -0.1) is 0 Å². The molecule has 6 nitrogen and oxygen atoms in total. The van der Waals surface area contributed by atoms with Crippen LogP contribution < -0.4 is 0 Å². The van der Waals surface area contributed by atoms with Crippen molar-refractivity contribution in [3.8, 4) is 0 Å². The van der Waals surface area contributed by atoms with Crippen LogP contribution in [0.25, 0.3) is 12.2 Å².